The van der Waals surface area contributed by atoms with Gasteiger partial charge in [-0.15, -0.1) is 0 Å². The van der Waals surface area contributed by atoms with E-state index >= 15 is 0 Å². The normalized spacial score (nSPS) is 16.1. The van der Waals surface area contributed by atoms with Gasteiger partial charge in [0.2, 0.25) is 0 Å². The number of likely N-dealkylation sites (tertiary alicyclic amines) is 1. The van der Waals surface area contributed by atoms with Crippen molar-refractivity contribution in [3.63, 3.8) is 0 Å². The third-order valence-corrected chi connectivity index (χ3v) is 2.90. The molecule has 0 unspecified atom stereocenters. The Hall–Kier alpha value is -1.16. The van der Waals surface area contributed by atoms with E-state index < -0.39 is 0 Å². The molecule has 3 nitrogen and oxygen atoms in total. The molecule has 1 aromatic heterocycles. The van der Waals surface area contributed by atoms with Crippen LogP contribution in [0.2, 0.25) is 0 Å². The van der Waals surface area contributed by atoms with Gasteiger partial charge in [0.05, 0.1) is 0 Å². The zero-order chi connectivity index (χ0) is 10.5. The summed E-state index contributed by atoms with van der Waals surface area (Å²) in [6.45, 7) is 2.14. The maximum Gasteiger partial charge on any atom is 0.174 e. The van der Waals surface area contributed by atoms with E-state index in [-0.39, 0.29) is 0 Å². The molecule has 0 aliphatic carbocycles. The van der Waals surface area contributed by atoms with Crippen molar-refractivity contribution in [2.24, 2.45) is 0 Å². The standard InChI is InChI=1S/C11H15N3S/c15-11(14-8-4-1-5-9-14)13-10-6-2-3-7-12-10/h2-3,6-7H,1,4-5,8-9H2,(H,12,13,15). The minimum atomic E-state index is 0.799. The zero-order valence-corrected chi connectivity index (χ0v) is 9.46. The van der Waals surface area contributed by atoms with Crippen molar-refractivity contribution in [2.75, 3.05) is 18.4 Å². The van der Waals surface area contributed by atoms with E-state index in [1.165, 1.54) is 19.3 Å². The molecule has 0 radical (unpaired) electrons. The predicted octanol–water partition coefficient (Wildman–Crippen LogP) is 2.26. The monoisotopic (exact) mass is 221 g/mol. The molecule has 1 aliphatic heterocycles. The highest BCUT2D eigenvalue weighted by Gasteiger charge is 2.13. The number of pyridine rings is 1. The fraction of sp³-hybridized carbons (Fsp3) is 0.455. The second-order valence-electron chi connectivity index (χ2n) is 3.69. The van der Waals surface area contributed by atoms with Crippen LogP contribution >= 0.6 is 12.2 Å². The van der Waals surface area contributed by atoms with Crippen molar-refractivity contribution < 1.29 is 0 Å². The molecule has 0 atom stereocenters. The molecule has 2 heterocycles. The molecule has 0 spiro atoms. The Bertz CT molecular complexity index is 320. The van der Waals surface area contributed by atoms with Crippen molar-refractivity contribution >= 4 is 23.1 Å². The quantitative estimate of drug-likeness (QED) is 0.736. The van der Waals surface area contributed by atoms with Gasteiger partial charge in [0.1, 0.15) is 5.82 Å². The molecule has 1 aliphatic rings. The van der Waals surface area contributed by atoms with Crippen LogP contribution in [0.3, 0.4) is 0 Å². The topological polar surface area (TPSA) is 28.2 Å². The summed E-state index contributed by atoms with van der Waals surface area (Å²) < 4.78 is 0. The molecule has 4 heteroatoms. The molecule has 80 valence electrons. The van der Waals surface area contributed by atoms with E-state index in [1.807, 2.05) is 18.2 Å². The van der Waals surface area contributed by atoms with Gasteiger partial charge in [0.15, 0.2) is 5.11 Å². The molecule has 15 heavy (non-hydrogen) atoms. The number of hydrogen-bond donors (Lipinski definition) is 1. The van der Waals surface area contributed by atoms with Crippen molar-refractivity contribution in [1.29, 1.82) is 0 Å². The molecular weight excluding hydrogens is 206 g/mol. The van der Waals surface area contributed by atoms with Crippen LogP contribution in [0.4, 0.5) is 5.82 Å². The third-order valence-electron chi connectivity index (χ3n) is 2.54. The Morgan fingerprint density at radius 3 is 2.73 bits per heavy atom. The highest BCUT2D eigenvalue weighted by atomic mass is 32.1. The first-order chi connectivity index (χ1) is 7.36. The van der Waals surface area contributed by atoms with E-state index in [9.17, 15) is 0 Å². The van der Waals surface area contributed by atoms with Crippen molar-refractivity contribution in [3.8, 4) is 0 Å². The number of aromatic nitrogens is 1. The van der Waals surface area contributed by atoms with Crippen LogP contribution in [-0.4, -0.2) is 28.1 Å². The second-order valence-corrected chi connectivity index (χ2v) is 4.08. The number of hydrogen-bond acceptors (Lipinski definition) is 2. The summed E-state index contributed by atoms with van der Waals surface area (Å²) in [6, 6.07) is 5.78. The number of piperidine rings is 1. The largest absolute Gasteiger partial charge is 0.349 e. The van der Waals surface area contributed by atoms with Crippen LogP contribution in [0.5, 0.6) is 0 Å². The van der Waals surface area contributed by atoms with Gasteiger partial charge in [-0.2, -0.15) is 0 Å². The van der Waals surface area contributed by atoms with Crippen LogP contribution in [0.25, 0.3) is 0 Å². The Morgan fingerprint density at radius 2 is 2.07 bits per heavy atom. The fourth-order valence-electron chi connectivity index (χ4n) is 1.72. The van der Waals surface area contributed by atoms with Crippen LogP contribution in [0.15, 0.2) is 24.4 Å². The molecule has 1 fully saturated rings. The highest BCUT2D eigenvalue weighted by Crippen LogP contribution is 2.10. The lowest BCUT2D eigenvalue weighted by atomic mass is 10.1. The van der Waals surface area contributed by atoms with Gasteiger partial charge in [-0.1, -0.05) is 6.07 Å². The first-order valence-corrected chi connectivity index (χ1v) is 5.74. The van der Waals surface area contributed by atoms with Gasteiger partial charge in [0.25, 0.3) is 0 Å². The van der Waals surface area contributed by atoms with E-state index in [2.05, 4.69) is 15.2 Å². The van der Waals surface area contributed by atoms with Crippen molar-refractivity contribution in [3.05, 3.63) is 24.4 Å². The summed E-state index contributed by atoms with van der Waals surface area (Å²) in [7, 11) is 0. The zero-order valence-electron chi connectivity index (χ0n) is 8.65. The van der Waals surface area contributed by atoms with Crippen LogP contribution in [-0.2, 0) is 0 Å². The lowest BCUT2D eigenvalue weighted by molar-refractivity contribution is 0.346. The van der Waals surface area contributed by atoms with Gasteiger partial charge in [-0.05, 0) is 43.6 Å². The molecule has 1 saturated heterocycles. The van der Waals surface area contributed by atoms with Crippen molar-refractivity contribution in [1.82, 2.24) is 9.88 Å². The van der Waals surface area contributed by atoms with Crippen LogP contribution < -0.4 is 5.32 Å². The highest BCUT2D eigenvalue weighted by molar-refractivity contribution is 7.80. The number of nitrogens with one attached hydrogen (secondary N) is 1. The summed E-state index contributed by atoms with van der Waals surface area (Å²) in [5.74, 6) is 0.827. The summed E-state index contributed by atoms with van der Waals surface area (Å²) >= 11 is 5.33. The molecule has 2 rings (SSSR count). The summed E-state index contributed by atoms with van der Waals surface area (Å²) in [5, 5.41) is 3.96. The van der Waals surface area contributed by atoms with Gasteiger partial charge in [-0.25, -0.2) is 4.98 Å². The lowest BCUT2D eigenvalue weighted by Crippen LogP contribution is -2.38. The Morgan fingerprint density at radius 1 is 1.27 bits per heavy atom. The van der Waals surface area contributed by atoms with Crippen LogP contribution in [0.1, 0.15) is 19.3 Å². The Labute approximate surface area is 95.5 Å². The smallest absolute Gasteiger partial charge is 0.174 e. The molecule has 0 bridgehead atoms. The lowest BCUT2D eigenvalue weighted by Gasteiger charge is -2.29. The molecule has 1 N–H and O–H groups in total. The Balaban J connectivity index is 1.91. The first kappa shape index (κ1) is 10.4. The van der Waals surface area contributed by atoms with Gasteiger partial charge < -0.3 is 10.2 Å². The summed E-state index contributed by atoms with van der Waals surface area (Å²) in [5.41, 5.74) is 0. The van der Waals surface area contributed by atoms with Crippen molar-refractivity contribution in [2.45, 2.75) is 19.3 Å². The number of anilines is 1. The molecule has 1 aromatic rings. The maximum atomic E-state index is 5.33. The van der Waals surface area contributed by atoms with E-state index in [4.69, 9.17) is 12.2 Å². The summed E-state index contributed by atoms with van der Waals surface area (Å²) in [6.07, 6.45) is 5.57. The number of thiocarbonyl (C=S) groups is 1. The average molecular weight is 221 g/mol. The van der Waals surface area contributed by atoms with E-state index in [1.54, 1.807) is 6.20 Å². The second kappa shape index (κ2) is 5.07. The fourth-order valence-corrected chi connectivity index (χ4v) is 2.01. The molecule has 0 saturated carbocycles. The van der Waals surface area contributed by atoms with E-state index in [0.717, 1.165) is 24.0 Å². The minimum absolute atomic E-state index is 0.799. The summed E-state index contributed by atoms with van der Waals surface area (Å²) in [4.78, 5) is 6.40. The molecule has 0 amide bonds. The van der Waals surface area contributed by atoms with E-state index in [0.29, 0.717) is 0 Å². The van der Waals surface area contributed by atoms with Gasteiger partial charge in [0, 0.05) is 19.3 Å². The number of nitrogens with zero attached hydrogens (tertiary/aromatic N) is 2. The van der Waals surface area contributed by atoms with Gasteiger partial charge >= 0.3 is 0 Å². The molecule has 0 aromatic carbocycles. The Kier molecular flexibility index (Phi) is 3.50. The number of rotatable bonds is 1. The SMILES string of the molecule is S=C(Nc1ccccn1)N1CCCCC1. The predicted molar refractivity (Wildman–Crippen MR) is 65.9 cm³/mol. The average Bonchev–Trinajstić information content (AvgIpc) is 2.31. The third kappa shape index (κ3) is 2.89. The molecular formula is C11H15N3S. The van der Waals surface area contributed by atoms with Crippen LogP contribution in [0, 0.1) is 0 Å². The minimum Gasteiger partial charge on any atom is -0.349 e. The maximum absolute atomic E-state index is 5.33. The first-order valence-electron chi connectivity index (χ1n) is 5.33. The van der Waals surface area contributed by atoms with Gasteiger partial charge in [-0.3, -0.25) is 0 Å².